The van der Waals surface area contributed by atoms with Crippen molar-refractivity contribution in [2.75, 3.05) is 10.6 Å². The van der Waals surface area contributed by atoms with Gasteiger partial charge in [0.05, 0.1) is 5.69 Å². The number of alkyl halides is 3. The predicted octanol–water partition coefficient (Wildman–Crippen LogP) is 6.64. The number of aryl methyl sites for hydroxylation is 2. The maximum Gasteiger partial charge on any atom is 0.446 e. The second-order valence-corrected chi connectivity index (χ2v) is 8.81. The number of carbonyl (C=O) groups excluding carboxylic acids is 1. The van der Waals surface area contributed by atoms with Crippen molar-refractivity contribution in [1.82, 2.24) is 19.5 Å². The van der Waals surface area contributed by atoms with Crippen LogP contribution in [0, 0.1) is 20.8 Å². The summed E-state index contributed by atoms with van der Waals surface area (Å²) in [6.45, 7) is 5.63. The Labute approximate surface area is 208 Å². The highest BCUT2D eigenvalue weighted by Gasteiger charge is 2.29. The quantitative estimate of drug-likeness (QED) is 0.280. The summed E-state index contributed by atoms with van der Waals surface area (Å²) in [6, 6.07) is 13.2. The van der Waals surface area contributed by atoms with Gasteiger partial charge in [0.25, 0.3) is 0 Å². The fourth-order valence-electron chi connectivity index (χ4n) is 3.19. The van der Waals surface area contributed by atoms with Crippen molar-refractivity contribution in [3.63, 3.8) is 0 Å². The van der Waals surface area contributed by atoms with Crippen molar-refractivity contribution in [2.24, 2.45) is 0 Å². The average Bonchev–Trinajstić information content (AvgIpc) is 3.13. The number of rotatable bonds is 6. The minimum atomic E-state index is -4.37. The molecule has 0 saturated carbocycles. The zero-order valence-electron chi connectivity index (χ0n) is 19.4. The van der Waals surface area contributed by atoms with Crippen LogP contribution in [0.1, 0.15) is 17.2 Å². The molecule has 186 valence electrons. The summed E-state index contributed by atoms with van der Waals surface area (Å²) < 4.78 is 45.0. The molecule has 0 aliphatic carbocycles. The Bertz CT molecular complexity index is 1370. The van der Waals surface area contributed by atoms with Crippen molar-refractivity contribution < 1.29 is 22.7 Å². The van der Waals surface area contributed by atoms with E-state index in [1.54, 1.807) is 43.6 Å². The molecule has 2 heterocycles. The van der Waals surface area contributed by atoms with Crippen molar-refractivity contribution in [3.05, 3.63) is 78.1 Å². The Morgan fingerprint density at radius 3 is 2.11 bits per heavy atom. The number of imidazole rings is 1. The molecular weight excluding hydrogens is 493 g/mol. The first-order valence-electron chi connectivity index (χ1n) is 10.6. The van der Waals surface area contributed by atoms with Crippen LogP contribution in [-0.4, -0.2) is 31.1 Å². The molecule has 0 unspecified atom stereocenters. The van der Waals surface area contributed by atoms with E-state index in [1.807, 2.05) is 18.4 Å². The smallest absolute Gasteiger partial charge is 0.439 e. The van der Waals surface area contributed by atoms with Crippen LogP contribution in [0.2, 0.25) is 0 Å². The highest BCUT2D eigenvalue weighted by atomic mass is 32.2. The molecule has 2 aromatic heterocycles. The van der Waals surface area contributed by atoms with Crippen molar-refractivity contribution in [2.45, 2.75) is 31.2 Å². The van der Waals surface area contributed by atoms with Gasteiger partial charge in [-0.25, -0.2) is 14.8 Å². The lowest BCUT2D eigenvalue weighted by molar-refractivity contribution is -0.0328. The third-order valence-corrected chi connectivity index (χ3v) is 5.72. The molecule has 8 nitrogen and oxygen atoms in total. The van der Waals surface area contributed by atoms with Gasteiger partial charge < -0.3 is 15.4 Å². The van der Waals surface area contributed by atoms with Gasteiger partial charge in [-0.2, -0.15) is 18.2 Å². The van der Waals surface area contributed by atoms with Crippen LogP contribution in [0.4, 0.5) is 29.3 Å². The van der Waals surface area contributed by atoms with E-state index >= 15 is 0 Å². The SMILES string of the molecule is Cc1nc(Oc2ccc(NC(=O)Nc3ccc(SC(F)(F)F)cc3)cc2)cc(-n2cnc(C)c2C)n1. The van der Waals surface area contributed by atoms with Crippen LogP contribution in [0.5, 0.6) is 11.6 Å². The first-order chi connectivity index (χ1) is 17.1. The molecule has 0 fully saturated rings. The molecule has 4 rings (SSSR count). The number of carbonyl (C=O) groups is 1. The minimum absolute atomic E-state index is 0.0327. The number of amides is 2. The first kappa shape index (κ1) is 25.0. The number of nitrogens with one attached hydrogen (secondary N) is 2. The van der Waals surface area contributed by atoms with E-state index in [-0.39, 0.29) is 16.7 Å². The molecule has 2 N–H and O–H groups in total. The molecule has 0 radical (unpaired) electrons. The molecule has 0 atom stereocenters. The Kier molecular flexibility index (Phi) is 7.15. The predicted molar refractivity (Wildman–Crippen MR) is 131 cm³/mol. The van der Waals surface area contributed by atoms with Crippen LogP contribution >= 0.6 is 11.8 Å². The van der Waals surface area contributed by atoms with Crippen molar-refractivity contribution in [3.8, 4) is 17.4 Å². The minimum Gasteiger partial charge on any atom is -0.439 e. The van der Waals surface area contributed by atoms with E-state index in [9.17, 15) is 18.0 Å². The Morgan fingerprint density at radius 1 is 0.944 bits per heavy atom. The van der Waals surface area contributed by atoms with Crippen LogP contribution in [0.15, 0.2) is 65.8 Å². The molecule has 0 saturated heterocycles. The van der Waals surface area contributed by atoms with E-state index in [2.05, 4.69) is 25.6 Å². The van der Waals surface area contributed by atoms with Gasteiger partial charge in [0.1, 0.15) is 23.7 Å². The van der Waals surface area contributed by atoms with E-state index in [4.69, 9.17) is 4.74 Å². The summed E-state index contributed by atoms with van der Waals surface area (Å²) in [5.41, 5.74) is -1.65. The van der Waals surface area contributed by atoms with Gasteiger partial charge in [0.15, 0.2) is 0 Å². The lowest BCUT2D eigenvalue weighted by Gasteiger charge is -2.11. The highest BCUT2D eigenvalue weighted by Crippen LogP contribution is 2.37. The number of hydrogen-bond acceptors (Lipinski definition) is 6. The number of ether oxygens (including phenoxy) is 1. The number of halogens is 3. The molecule has 2 amide bonds. The van der Waals surface area contributed by atoms with E-state index < -0.39 is 11.5 Å². The van der Waals surface area contributed by atoms with Crippen molar-refractivity contribution in [1.29, 1.82) is 0 Å². The molecule has 12 heteroatoms. The number of urea groups is 1. The summed E-state index contributed by atoms with van der Waals surface area (Å²) in [6.07, 6.45) is 1.69. The second kappa shape index (κ2) is 10.3. The van der Waals surface area contributed by atoms with Crippen LogP contribution in [-0.2, 0) is 0 Å². The number of hydrogen-bond donors (Lipinski definition) is 2. The molecule has 36 heavy (non-hydrogen) atoms. The number of thioether (sulfide) groups is 1. The second-order valence-electron chi connectivity index (χ2n) is 7.67. The first-order valence-corrected chi connectivity index (χ1v) is 11.5. The Morgan fingerprint density at radius 2 is 1.56 bits per heavy atom. The summed E-state index contributed by atoms with van der Waals surface area (Å²) in [5, 5.41) is 5.23. The number of aromatic nitrogens is 4. The summed E-state index contributed by atoms with van der Waals surface area (Å²) in [7, 11) is 0. The molecule has 0 aliphatic heterocycles. The molecule has 4 aromatic rings. The fraction of sp³-hybridized carbons (Fsp3) is 0.167. The summed E-state index contributed by atoms with van der Waals surface area (Å²) in [4.78, 5) is 25.3. The van der Waals surface area contributed by atoms with E-state index in [1.165, 1.54) is 24.3 Å². The van der Waals surface area contributed by atoms with Gasteiger partial charge in [-0.05, 0) is 81.1 Å². The standard InChI is InChI=1S/C24H21F3N6O2S/c1-14-15(2)33(13-28-14)21-12-22(30-16(3)29-21)35-19-8-4-17(5-9-19)31-23(34)32-18-6-10-20(11-7-18)36-24(25,26)27/h4-13H,1-3H3,(H2,31,32,34). The maximum atomic E-state index is 12.4. The van der Waals surface area contributed by atoms with Crippen LogP contribution in [0.25, 0.3) is 5.82 Å². The molecule has 2 aromatic carbocycles. The molecular formula is C24H21F3N6O2S. The van der Waals surface area contributed by atoms with Crippen molar-refractivity contribution >= 4 is 29.2 Å². The third kappa shape index (κ3) is 6.54. The third-order valence-electron chi connectivity index (χ3n) is 4.98. The zero-order valence-corrected chi connectivity index (χ0v) is 20.2. The molecule has 0 bridgehead atoms. The van der Waals surface area contributed by atoms with E-state index in [0.29, 0.717) is 34.6 Å². The van der Waals surface area contributed by atoms with Gasteiger partial charge in [-0.3, -0.25) is 4.57 Å². The lowest BCUT2D eigenvalue weighted by Crippen LogP contribution is -2.19. The molecule has 0 aliphatic rings. The van der Waals surface area contributed by atoms with Gasteiger partial charge in [0.2, 0.25) is 5.88 Å². The van der Waals surface area contributed by atoms with Gasteiger partial charge in [-0.15, -0.1) is 0 Å². The van der Waals surface area contributed by atoms with Gasteiger partial charge in [0, 0.05) is 28.0 Å². The van der Waals surface area contributed by atoms with Crippen LogP contribution < -0.4 is 15.4 Å². The monoisotopic (exact) mass is 514 g/mol. The molecule has 0 spiro atoms. The number of anilines is 2. The van der Waals surface area contributed by atoms with Gasteiger partial charge >= 0.3 is 11.5 Å². The summed E-state index contributed by atoms with van der Waals surface area (Å²) >= 11 is -0.218. The fourth-order valence-corrected chi connectivity index (χ4v) is 3.73. The highest BCUT2D eigenvalue weighted by molar-refractivity contribution is 8.00. The van der Waals surface area contributed by atoms with Gasteiger partial charge in [-0.1, -0.05) is 0 Å². The van der Waals surface area contributed by atoms with Crippen LogP contribution in [0.3, 0.4) is 0 Å². The number of benzene rings is 2. The topological polar surface area (TPSA) is 94.0 Å². The Balaban J connectivity index is 1.37. The lowest BCUT2D eigenvalue weighted by atomic mass is 10.3. The number of nitrogens with zero attached hydrogens (tertiary/aromatic N) is 4. The maximum absolute atomic E-state index is 12.4. The summed E-state index contributed by atoms with van der Waals surface area (Å²) in [5.74, 6) is 2.03. The zero-order chi connectivity index (χ0) is 25.9. The Hall–Kier alpha value is -4.06. The normalized spacial score (nSPS) is 11.3. The average molecular weight is 515 g/mol. The largest absolute Gasteiger partial charge is 0.446 e. The van der Waals surface area contributed by atoms with E-state index in [0.717, 1.165) is 11.4 Å².